The maximum absolute atomic E-state index is 13.6. The molecule has 1 aromatic heterocycles. The zero-order chi connectivity index (χ0) is 18.8. The Morgan fingerprint density at radius 3 is 2.04 bits per heavy atom. The highest BCUT2D eigenvalue weighted by atomic mass is 19.2. The molecule has 1 N–H and O–H groups in total. The predicted molar refractivity (Wildman–Crippen MR) is 77.7 cm³/mol. The number of amides is 1. The predicted octanol–water partition coefficient (Wildman–Crippen LogP) is 2.54. The molecule has 0 radical (unpaired) electrons. The molecule has 11 heteroatoms. The lowest BCUT2D eigenvalue weighted by Gasteiger charge is -2.09. The number of nitrogens with one attached hydrogen (secondary N) is 1. The first-order valence-corrected chi connectivity index (χ1v) is 7.02. The summed E-state index contributed by atoms with van der Waals surface area (Å²) < 4.78 is 67.8. The molecule has 0 spiro atoms. The third-order valence-corrected chi connectivity index (χ3v) is 3.40. The van der Waals surface area contributed by atoms with Crippen molar-refractivity contribution in [2.24, 2.45) is 0 Å². The maximum atomic E-state index is 13.6. The van der Waals surface area contributed by atoms with E-state index < -0.39 is 47.0 Å². The minimum Gasteiger partial charge on any atom is -0.326 e. The summed E-state index contributed by atoms with van der Waals surface area (Å²) >= 11 is 0. The lowest BCUT2D eigenvalue weighted by molar-refractivity contribution is -0.115. The van der Waals surface area contributed by atoms with Crippen LogP contribution in [0.15, 0.2) is 30.6 Å². The second kappa shape index (κ2) is 6.86. The zero-order valence-electron chi connectivity index (χ0n) is 12.7. The van der Waals surface area contributed by atoms with Crippen LogP contribution in [0.3, 0.4) is 0 Å². The van der Waals surface area contributed by atoms with Crippen LogP contribution in [-0.2, 0) is 11.2 Å². The van der Waals surface area contributed by atoms with Crippen LogP contribution in [0.25, 0.3) is 5.69 Å². The SMILES string of the molecule is O=C(Cc1c(F)c(F)c(F)c(F)c1F)Nc1ccc(-n2cnnn2)cc1. The van der Waals surface area contributed by atoms with Crippen LogP contribution < -0.4 is 5.32 Å². The molecule has 1 amide bonds. The number of carbonyl (C=O) groups is 1. The smallest absolute Gasteiger partial charge is 0.229 e. The van der Waals surface area contributed by atoms with Gasteiger partial charge in [0.1, 0.15) is 6.33 Å². The van der Waals surface area contributed by atoms with Gasteiger partial charge in [0.15, 0.2) is 23.3 Å². The van der Waals surface area contributed by atoms with Crippen molar-refractivity contribution in [3.63, 3.8) is 0 Å². The van der Waals surface area contributed by atoms with E-state index >= 15 is 0 Å². The van der Waals surface area contributed by atoms with Crippen molar-refractivity contribution in [1.82, 2.24) is 20.2 Å². The summed E-state index contributed by atoms with van der Waals surface area (Å²) in [7, 11) is 0. The lowest BCUT2D eigenvalue weighted by Crippen LogP contribution is -2.18. The average Bonchev–Trinajstić information content (AvgIpc) is 3.17. The molecule has 0 aliphatic heterocycles. The Hall–Kier alpha value is -3.37. The zero-order valence-corrected chi connectivity index (χ0v) is 12.7. The minimum absolute atomic E-state index is 0.246. The summed E-state index contributed by atoms with van der Waals surface area (Å²) in [4.78, 5) is 11.9. The molecule has 6 nitrogen and oxygen atoms in total. The fourth-order valence-corrected chi connectivity index (χ4v) is 2.15. The summed E-state index contributed by atoms with van der Waals surface area (Å²) in [6.45, 7) is 0. The van der Waals surface area contributed by atoms with E-state index in [0.29, 0.717) is 5.69 Å². The molecule has 134 valence electrons. The van der Waals surface area contributed by atoms with Gasteiger partial charge in [0.05, 0.1) is 12.1 Å². The number of hydrogen-bond donors (Lipinski definition) is 1. The first kappa shape index (κ1) is 17.5. The molecule has 0 saturated carbocycles. The summed E-state index contributed by atoms with van der Waals surface area (Å²) in [5.74, 6) is -11.5. The number of nitrogens with zero attached hydrogens (tertiary/aromatic N) is 4. The van der Waals surface area contributed by atoms with Crippen LogP contribution in [0.4, 0.5) is 27.6 Å². The fourth-order valence-electron chi connectivity index (χ4n) is 2.15. The average molecular weight is 369 g/mol. The van der Waals surface area contributed by atoms with Crippen molar-refractivity contribution in [2.45, 2.75) is 6.42 Å². The summed E-state index contributed by atoms with van der Waals surface area (Å²) in [5, 5.41) is 12.9. The van der Waals surface area contributed by atoms with Gasteiger partial charge in [0.2, 0.25) is 11.7 Å². The normalized spacial score (nSPS) is 10.8. The molecule has 3 aromatic rings. The Bertz CT molecular complexity index is 931. The van der Waals surface area contributed by atoms with Crippen molar-refractivity contribution < 1.29 is 26.7 Å². The van der Waals surface area contributed by atoms with E-state index in [-0.39, 0.29) is 5.69 Å². The van der Waals surface area contributed by atoms with E-state index in [1.807, 2.05) is 0 Å². The number of tetrazole rings is 1. The molecule has 26 heavy (non-hydrogen) atoms. The van der Waals surface area contributed by atoms with Crippen LogP contribution in [0.1, 0.15) is 5.56 Å². The lowest BCUT2D eigenvalue weighted by atomic mass is 10.1. The number of anilines is 1. The largest absolute Gasteiger partial charge is 0.326 e. The molecule has 2 aromatic carbocycles. The fraction of sp³-hybridized carbons (Fsp3) is 0.0667. The number of aromatic nitrogens is 4. The molecule has 0 unspecified atom stereocenters. The first-order valence-electron chi connectivity index (χ1n) is 7.02. The van der Waals surface area contributed by atoms with Crippen molar-refractivity contribution in [3.8, 4) is 5.69 Å². The van der Waals surface area contributed by atoms with Gasteiger partial charge in [-0.3, -0.25) is 4.79 Å². The topological polar surface area (TPSA) is 72.7 Å². The highest BCUT2D eigenvalue weighted by Crippen LogP contribution is 2.23. The van der Waals surface area contributed by atoms with Crippen LogP contribution in [0.2, 0.25) is 0 Å². The van der Waals surface area contributed by atoms with Gasteiger partial charge in [-0.05, 0) is 34.7 Å². The molecule has 0 bridgehead atoms. The Labute approximate surface area is 142 Å². The molecular weight excluding hydrogens is 361 g/mol. The van der Waals surface area contributed by atoms with Crippen molar-refractivity contribution in [1.29, 1.82) is 0 Å². The summed E-state index contributed by atoms with van der Waals surface area (Å²) in [6.07, 6.45) is 0.317. The Balaban J connectivity index is 1.76. The van der Waals surface area contributed by atoms with Gasteiger partial charge in [-0.15, -0.1) is 5.10 Å². The van der Waals surface area contributed by atoms with Gasteiger partial charge >= 0.3 is 0 Å². The minimum atomic E-state index is -2.28. The quantitative estimate of drug-likeness (QED) is 0.436. The number of halogens is 5. The van der Waals surface area contributed by atoms with Crippen molar-refractivity contribution in [2.75, 3.05) is 5.32 Å². The van der Waals surface area contributed by atoms with Crippen LogP contribution in [-0.4, -0.2) is 26.1 Å². The van der Waals surface area contributed by atoms with E-state index in [0.717, 1.165) is 0 Å². The molecule has 1 heterocycles. The molecule has 0 aliphatic rings. The van der Waals surface area contributed by atoms with Crippen LogP contribution >= 0.6 is 0 Å². The Morgan fingerprint density at radius 2 is 1.50 bits per heavy atom. The number of rotatable bonds is 4. The maximum Gasteiger partial charge on any atom is 0.229 e. The van der Waals surface area contributed by atoms with Gasteiger partial charge in [0, 0.05) is 11.3 Å². The van der Waals surface area contributed by atoms with Gasteiger partial charge < -0.3 is 5.32 Å². The van der Waals surface area contributed by atoms with Crippen LogP contribution in [0, 0.1) is 29.1 Å². The van der Waals surface area contributed by atoms with Gasteiger partial charge in [-0.25, -0.2) is 26.6 Å². The van der Waals surface area contributed by atoms with E-state index in [4.69, 9.17) is 0 Å². The molecule has 0 aliphatic carbocycles. The second-order valence-electron chi connectivity index (χ2n) is 5.07. The summed E-state index contributed by atoms with van der Waals surface area (Å²) in [5.41, 5.74) is -0.382. The van der Waals surface area contributed by atoms with Gasteiger partial charge in [-0.2, -0.15) is 0 Å². The standard InChI is InChI=1S/C15H8F5N5O/c16-11-9(12(17)14(19)15(20)13(11)18)5-10(26)22-7-1-3-8(4-2-7)25-6-21-23-24-25/h1-4,6H,5H2,(H,22,26). The van der Waals surface area contributed by atoms with Crippen molar-refractivity contribution >= 4 is 11.6 Å². The highest BCUT2D eigenvalue weighted by Gasteiger charge is 2.26. The third-order valence-electron chi connectivity index (χ3n) is 3.40. The van der Waals surface area contributed by atoms with Crippen LogP contribution in [0.5, 0.6) is 0 Å². The summed E-state index contributed by atoms with van der Waals surface area (Å²) in [6, 6.07) is 6.00. The molecule has 0 atom stereocenters. The van der Waals surface area contributed by atoms with E-state index in [1.54, 1.807) is 12.1 Å². The van der Waals surface area contributed by atoms with E-state index in [2.05, 4.69) is 20.8 Å². The van der Waals surface area contributed by atoms with E-state index in [1.165, 1.54) is 23.1 Å². The number of hydrogen-bond acceptors (Lipinski definition) is 4. The second-order valence-corrected chi connectivity index (χ2v) is 5.07. The molecule has 0 saturated heterocycles. The molecular formula is C15H8F5N5O. The Morgan fingerprint density at radius 1 is 0.923 bits per heavy atom. The van der Waals surface area contributed by atoms with Gasteiger partial charge in [0.25, 0.3) is 0 Å². The monoisotopic (exact) mass is 369 g/mol. The number of benzene rings is 2. The van der Waals surface area contributed by atoms with E-state index in [9.17, 15) is 26.7 Å². The molecule has 0 fully saturated rings. The molecule has 3 rings (SSSR count). The number of carbonyl (C=O) groups excluding carboxylic acids is 1. The van der Waals surface area contributed by atoms with Crippen molar-refractivity contribution in [3.05, 3.63) is 65.2 Å². The highest BCUT2D eigenvalue weighted by molar-refractivity contribution is 5.92. The van der Waals surface area contributed by atoms with Gasteiger partial charge in [-0.1, -0.05) is 0 Å². The third kappa shape index (κ3) is 3.23. The first-order chi connectivity index (χ1) is 12.4. The Kier molecular flexibility index (Phi) is 4.61.